The van der Waals surface area contributed by atoms with Crippen molar-refractivity contribution in [1.82, 2.24) is 15.0 Å². The van der Waals surface area contributed by atoms with Gasteiger partial charge in [-0.15, -0.1) is 0 Å². The normalized spacial score (nSPS) is 11.0. The van der Waals surface area contributed by atoms with Gasteiger partial charge in [0.15, 0.2) is 6.29 Å². The molecule has 0 amide bonds. The van der Waals surface area contributed by atoms with E-state index < -0.39 is 0 Å². The van der Waals surface area contributed by atoms with Crippen LogP contribution in [-0.2, 0) is 0 Å². The molecule has 0 radical (unpaired) electrons. The third-order valence-electron chi connectivity index (χ3n) is 5.03. The summed E-state index contributed by atoms with van der Waals surface area (Å²) in [6.45, 7) is 3.03. The number of nitrogens with one attached hydrogen (secondary N) is 1. The Morgan fingerprint density at radius 1 is 1.00 bits per heavy atom. The summed E-state index contributed by atoms with van der Waals surface area (Å²) in [5.41, 5.74) is 3.50. The zero-order chi connectivity index (χ0) is 20.8. The summed E-state index contributed by atoms with van der Waals surface area (Å²) in [6, 6.07) is 13.5. The van der Waals surface area contributed by atoms with Gasteiger partial charge in [-0.2, -0.15) is 0 Å². The molecule has 0 spiro atoms. The van der Waals surface area contributed by atoms with E-state index >= 15 is 0 Å². The van der Waals surface area contributed by atoms with Crippen molar-refractivity contribution >= 4 is 23.2 Å². The van der Waals surface area contributed by atoms with Gasteiger partial charge in [0, 0.05) is 23.9 Å². The lowest BCUT2D eigenvalue weighted by molar-refractivity contribution is 0.112. The number of pyridine rings is 1. The molecule has 0 bridgehead atoms. The Labute approximate surface area is 175 Å². The molecule has 30 heavy (non-hydrogen) atoms. The van der Waals surface area contributed by atoms with Gasteiger partial charge >= 0.3 is 0 Å². The third kappa shape index (κ3) is 4.08. The molecular formula is C24H24N4O2. The minimum absolute atomic E-state index is 0.510. The molecule has 6 heteroatoms. The van der Waals surface area contributed by atoms with Gasteiger partial charge in [-0.05, 0) is 18.6 Å². The van der Waals surface area contributed by atoms with E-state index in [-0.39, 0.29) is 0 Å². The molecule has 152 valence electrons. The van der Waals surface area contributed by atoms with Crippen molar-refractivity contribution in [3.63, 3.8) is 0 Å². The largest absolute Gasteiger partial charge is 0.437 e. The van der Waals surface area contributed by atoms with Crippen molar-refractivity contribution in [2.45, 2.75) is 32.6 Å². The second-order valence-corrected chi connectivity index (χ2v) is 7.16. The summed E-state index contributed by atoms with van der Waals surface area (Å²) in [6.07, 6.45) is 8.55. The van der Waals surface area contributed by atoms with E-state index in [0.29, 0.717) is 22.7 Å². The number of carbonyl (C=O) groups excluding carboxylic acids is 1. The van der Waals surface area contributed by atoms with Gasteiger partial charge in [-0.1, -0.05) is 56.5 Å². The van der Waals surface area contributed by atoms with Crippen molar-refractivity contribution in [3.05, 3.63) is 60.6 Å². The first kappa shape index (κ1) is 19.8. The second kappa shape index (κ2) is 9.31. The number of hydrogen-bond acceptors (Lipinski definition) is 6. The number of nitrogens with zero attached hydrogens (tertiary/aromatic N) is 3. The Morgan fingerprint density at radius 3 is 2.60 bits per heavy atom. The van der Waals surface area contributed by atoms with E-state index in [1.807, 2.05) is 36.4 Å². The molecule has 4 aromatic rings. The maximum absolute atomic E-state index is 11.1. The summed E-state index contributed by atoms with van der Waals surface area (Å²) in [4.78, 5) is 24.4. The molecule has 0 fully saturated rings. The van der Waals surface area contributed by atoms with Crippen molar-refractivity contribution in [2.75, 3.05) is 11.9 Å². The smallest absolute Gasteiger partial charge is 0.232 e. The van der Waals surface area contributed by atoms with E-state index in [1.54, 1.807) is 12.3 Å². The van der Waals surface area contributed by atoms with Gasteiger partial charge in [0.2, 0.25) is 5.71 Å². The van der Waals surface area contributed by atoms with Crippen LogP contribution in [0.1, 0.15) is 43.0 Å². The molecule has 0 saturated heterocycles. The van der Waals surface area contributed by atoms with E-state index in [4.69, 9.17) is 4.42 Å². The highest BCUT2D eigenvalue weighted by Gasteiger charge is 2.22. The first-order valence-electron chi connectivity index (χ1n) is 10.3. The average molecular weight is 400 g/mol. The highest BCUT2D eigenvalue weighted by atomic mass is 16.3. The van der Waals surface area contributed by atoms with Crippen molar-refractivity contribution < 1.29 is 9.21 Å². The second-order valence-electron chi connectivity index (χ2n) is 7.16. The topological polar surface area (TPSA) is 80.9 Å². The first-order valence-corrected chi connectivity index (χ1v) is 10.3. The predicted molar refractivity (Wildman–Crippen MR) is 118 cm³/mol. The zero-order valence-electron chi connectivity index (χ0n) is 17.0. The number of aldehydes is 1. The average Bonchev–Trinajstić information content (AvgIpc) is 3.20. The summed E-state index contributed by atoms with van der Waals surface area (Å²) in [5.74, 6) is 1.42. The van der Waals surface area contributed by atoms with Crippen LogP contribution in [0, 0.1) is 0 Å². The van der Waals surface area contributed by atoms with Gasteiger partial charge in [-0.25, -0.2) is 9.97 Å². The molecule has 3 heterocycles. The molecule has 0 aliphatic heterocycles. The molecule has 1 N–H and O–H groups in total. The fourth-order valence-corrected chi connectivity index (χ4v) is 3.49. The number of rotatable bonds is 9. The van der Waals surface area contributed by atoms with Gasteiger partial charge in [0.1, 0.15) is 17.9 Å². The van der Waals surface area contributed by atoms with Crippen LogP contribution in [0.2, 0.25) is 0 Å². The van der Waals surface area contributed by atoms with Crippen LogP contribution in [0.5, 0.6) is 0 Å². The van der Waals surface area contributed by atoms with Gasteiger partial charge in [0.25, 0.3) is 0 Å². The van der Waals surface area contributed by atoms with E-state index in [9.17, 15) is 4.79 Å². The molecule has 3 aromatic heterocycles. The van der Waals surface area contributed by atoms with Crippen LogP contribution < -0.4 is 5.32 Å². The monoisotopic (exact) mass is 400 g/mol. The lowest BCUT2D eigenvalue weighted by Gasteiger charge is -2.08. The number of fused-ring (bicyclic) bond motifs is 1. The number of unbranched alkanes of at least 4 members (excludes halogenated alkanes) is 3. The predicted octanol–water partition coefficient (Wildman–Crippen LogP) is 5.76. The molecule has 0 aliphatic carbocycles. The minimum Gasteiger partial charge on any atom is -0.437 e. The summed E-state index contributed by atoms with van der Waals surface area (Å²) < 4.78 is 6.18. The Bertz CT molecular complexity index is 1120. The first-order chi connectivity index (χ1) is 14.8. The van der Waals surface area contributed by atoms with Gasteiger partial charge in [0.05, 0.1) is 16.6 Å². The number of benzene rings is 1. The molecule has 1 aromatic carbocycles. The maximum atomic E-state index is 11.1. The Balaban J connectivity index is 1.82. The molecule has 4 rings (SSSR count). The van der Waals surface area contributed by atoms with Crippen LogP contribution in [0.25, 0.3) is 33.7 Å². The SMILES string of the molecule is CCCCCCNc1ncnc2oc(-c3ccccc3)c(-c3ccc(C=O)cn3)c12. The maximum Gasteiger partial charge on any atom is 0.232 e. The summed E-state index contributed by atoms with van der Waals surface area (Å²) in [7, 11) is 0. The summed E-state index contributed by atoms with van der Waals surface area (Å²) >= 11 is 0. The van der Waals surface area contributed by atoms with E-state index in [0.717, 1.165) is 41.6 Å². The van der Waals surface area contributed by atoms with Crippen molar-refractivity contribution in [3.8, 4) is 22.6 Å². The Morgan fingerprint density at radius 2 is 1.87 bits per heavy atom. The van der Waals surface area contributed by atoms with E-state index in [2.05, 4.69) is 27.2 Å². The van der Waals surface area contributed by atoms with Gasteiger partial charge < -0.3 is 9.73 Å². The molecule has 0 unspecified atom stereocenters. The van der Waals surface area contributed by atoms with Crippen LogP contribution >= 0.6 is 0 Å². The molecule has 0 aliphatic rings. The fraction of sp³-hybridized carbons (Fsp3) is 0.250. The zero-order valence-corrected chi connectivity index (χ0v) is 17.0. The quantitative estimate of drug-likeness (QED) is 0.284. The number of aromatic nitrogens is 3. The highest BCUT2D eigenvalue weighted by Crippen LogP contribution is 2.41. The lowest BCUT2D eigenvalue weighted by atomic mass is 10.0. The summed E-state index contributed by atoms with van der Waals surface area (Å²) in [5, 5.41) is 4.25. The van der Waals surface area contributed by atoms with Gasteiger partial charge in [-0.3, -0.25) is 9.78 Å². The number of hydrogen-bond donors (Lipinski definition) is 1. The third-order valence-corrected chi connectivity index (χ3v) is 5.03. The minimum atomic E-state index is 0.510. The van der Waals surface area contributed by atoms with Crippen LogP contribution in [-0.4, -0.2) is 27.8 Å². The van der Waals surface area contributed by atoms with Crippen LogP contribution in [0.4, 0.5) is 5.82 Å². The number of anilines is 1. The Kier molecular flexibility index (Phi) is 6.13. The molecule has 6 nitrogen and oxygen atoms in total. The van der Waals surface area contributed by atoms with Crippen LogP contribution in [0.3, 0.4) is 0 Å². The highest BCUT2D eigenvalue weighted by molar-refractivity contribution is 6.05. The van der Waals surface area contributed by atoms with Crippen molar-refractivity contribution in [1.29, 1.82) is 0 Å². The number of furan rings is 1. The molecular weight excluding hydrogens is 376 g/mol. The Hall–Kier alpha value is -3.54. The fourth-order valence-electron chi connectivity index (χ4n) is 3.49. The number of carbonyl (C=O) groups is 1. The standard InChI is InChI=1S/C24H24N4O2/c1-2-3-4-8-13-25-23-21-20(19-12-11-17(15-29)14-26-19)22(18-9-6-5-7-10-18)30-24(21)28-16-27-23/h5-7,9-12,14-16H,2-4,8,13H2,1H3,(H,25,27,28). The molecule has 0 saturated carbocycles. The van der Waals surface area contributed by atoms with Crippen molar-refractivity contribution in [2.24, 2.45) is 0 Å². The van der Waals surface area contributed by atoms with Crippen LogP contribution in [0.15, 0.2) is 59.4 Å². The van der Waals surface area contributed by atoms with E-state index in [1.165, 1.54) is 25.6 Å². The lowest BCUT2D eigenvalue weighted by Crippen LogP contribution is -2.04. The molecule has 0 atom stereocenters.